The predicted octanol–water partition coefficient (Wildman–Crippen LogP) is 1.76. The molecule has 2 atom stereocenters. The molecule has 2 fully saturated rings. The summed E-state index contributed by atoms with van der Waals surface area (Å²) < 4.78 is 0. The van der Waals surface area contributed by atoms with Gasteiger partial charge in [0.25, 0.3) is 0 Å². The van der Waals surface area contributed by atoms with Crippen molar-refractivity contribution in [3.05, 3.63) is 0 Å². The fourth-order valence-corrected chi connectivity index (χ4v) is 3.86. The summed E-state index contributed by atoms with van der Waals surface area (Å²) in [6.45, 7) is 3.08. The van der Waals surface area contributed by atoms with E-state index in [-0.39, 0.29) is 17.7 Å². The minimum absolute atomic E-state index is 0.0351. The van der Waals surface area contributed by atoms with Gasteiger partial charge in [0.1, 0.15) is 0 Å². The van der Waals surface area contributed by atoms with Gasteiger partial charge < -0.3 is 16.2 Å². The molecule has 2 aliphatic rings. The maximum Gasteiger partial charge on any atom is 0.306 e. The van der Waals surface area contributed by atoms with Crippen molar-refractivity contribution in [3.63, 3.8) is 0 Å². The van der Waals surface area contributed by atoms with Crippen molar-refractivity contribution in [3.8, 4) is 0 Å². The van der Waals surface area contributed by atoms with Gasteiger partial charge in [0.2, 0.25) is 5.91 Å². The fourth-order valence-electron chi connectivity index (χ4n) is 3.86. The molecule has 2 unspecified atom stereocenters. The number of carboxylic acids is 1. The van der Waals surface area contributed by atoms with E-state index in [2.05, 4.69) is 12.2 Å². The van der Waals surface area contributed by atoms with Gasteiger partial charge in [0, 0.05) is 13.1 Å². The number of hydrogen-bond acceptors (Lipinski definition) is 3. The van der Waals surface area contributed by atoms with E-state index in [9.17, 15) is 14.7 Å². The van der Waals surface area contributed by atoms with Crippen LogP contribution in [0, 0.1) is 23.2 Å². The highest BCUT2D eigenvalue weighted by atomic mass is 16.4. The SMILES string of the molecule is CC1CCC(CN)(C(=O)NCC2CCCC2C(=O)O)CC1. The van der Waals surface area contributed by atoms with E-state index >= 15 is 0 Å². The lowest BCUT2D eigenvalue weighted by Crippen LogP contribution is -2.49. The number of carbonyl (C=O) groups is 2. The molecule has 5 nitrogen and oxygen atoms in total. The largest absolute Gasteiger partial charge is 0.481 e. The summed E-state index contributed by atoms with van der Waals surface area (Å²) in [7, 11) is 0. The predicted molar refractivity (Wildman–Crippen MR) is 80.6 cm³/mol. The first-order valence-electron chi connectivity index (χ1n) is 8.19. The van der Waals surface area contributed by atoms with E-state index < -0.39 is 11.4 Å². The number of rotatable bonds is 5. The maximum atomic E-state index is 12.6. The van der Waals surface area contributed by atoms with E-state index in [1.165, 1.54) is 0 Å². The molecule has 0 bridgehead atoms. The molecule has 0 aromatic carbocycles. The smallest absolute Gasteiger partial charge is 0.306 e. The molecule has 0 aromatic heterocycles. The van der Waals surface area contributed by atoms with Gasteiger partial charge in [-0.25, -0.2) is 0 Å². The summed E-state index contributed by atoms with van der Waals surface area (Å²) in [6, 6.07) is 0. The monoisotopic (exact) mass is 296 g/mol. The normalized spacial score (nSPS) is 36.4. The van der Waals surface area contributed by atoms with Gasteiger partial charge in [-0.05, 0) is 50.4 Å². The molecule has 0 aliphatic heterocycles. The third-order valence-corrected chi connectivity index (χ3v) is 5.60. The van der Waals surface area contributed by atoms with E-state index in [0.29, 0.717) is 19.0 Å². The Kier molecular flexibility index (Phi) is 5.25. The molecular formula is C16H28N2O3. The molecule has 5 heteroatoms. The van der Waals surface area contributed by atoms with Crippen LogP contribution >= 0.6 is 0 Å². The van der Waals surface area contributed by atoms with Crippen LogP contribution in [0.5, 0.6) is 0 Å². The van der Waals surface area contributed by atoms with Crippen molar-refractivity contribution in [2.75, 3.05) is 13.1 Å². The van der Waals surface area contributed by atoms with Crippen molar-refractivity contribution in [1.82, 2.24) is 5.32 Å². The minimum Gasteiger partial charge on any atom is -0.481 e. The van der Waals surface area contributed by atoms with Gasteiger partial charge in [-0.1, -0.05) is 13.3 Å². The third-order valence-electron chi connectivity index (χ3n) is 5.60. The first-order valence-corrected chi connectivity index (χ1v) is 8.19. The molecule has 120 valence electrons. The van der Waals surface area contributed by atoms with E-state index in [1.807, 2.05) is 0 Å². The van der Waals surface area contributed by atoms with Crippen LogP contribution in [0.3, 0.4) is 0 Å². The minimum atomic E-state index is -0.730. The fraction of sp³-hybridized carbons (Fsp3) is 0.875. The summed E-state index contributed by atoms with van der Waals surface area (Å²) in [4.78, 5) is 23.7. The first kappa shape index (κ1) is 16.3. The summed E-state index contributed by atoms with van der Waals surface area (Å²) in [5, 5.41) is 12.2. The Morgan fingerprint density at radius 1 is 1.24 bits per heavy atom. The number of hydrogen-bond donors (Lipinski definition) is 3. The molecular weight excluding hydrogens is 268 g/mol. The Bertz CT molecular complexity index is 389. The molecule has 1 amide bonds. The lowest BCUT2D eigenvalue weighted by atomic mass is 9.70. The van der Waals surface area contributed by atoms with Crippen LogP contribution < -0.4 is 11.1 Å². The number of aliphatic carboxylic acids is 1. The summed E-state index contributed by atoms with van der Waals surface area (Å²) in [6.07, 6.45) is 6.36. The standard InChI is InChI=1S/C16H28N2O3/c1-11-5-7-16(10-17,8-6-11)15(21)18-9-12-3-2-4-13(12)14(19)20/h11-13H,2-10,17H2,1H3,(H,18,21)(H,19,20). The molecule has 21 heavy (non-hydrogen) atoms. The van der Waals surface area contributed by atoms with Gasteiger partial charge in [-0.3, -0.25) is 9.59 Å². The molecule has 4 N–H and O–H groups in total. The highest BCUT2D eigenvalue weighted by molar-refractivity contribution is 5.83. The van der Waals surface area contributed by atoms with Crippen molar-refractivity contribution < 1.29 is 14.7 Å². The zero-order chi connectivity index (χ0) is 15.5. The van der Waals surface area contributed by atoms with Crippen molar-refractivity contribution >= 4 is 11.9 Å². The summed E-state index contributed by atoms with van der Waals surface area (Å²) in [5.41, 5.74) is 5.46. The average molecular weight is 296 g/mol. The second kappa shape index (κ2) is 6.77. The molecule has 0 spiro atoms. The van der Waals surface area contributed by atoms with Crippen molar-refractivity contribution in [2.45, 2.75) is 51.9 Å². The molecule has 2 saturated carbocycles. The van der Waals surface area contributed by atoms with Crippen LogP contribution in [0.2, 0.25) is 0 Å². The molecule has 0 aromatic rings. The molecule has 0 heterocycles. The summed E-state index contributed by atoms with van der Waals surface area (Å²) in [5.74, 6) is -0.252. The Morgan fingerprint density at radius 3 is 2.48 bits per heavy atom. The average Bonchev–Trinajstić information content (AvgIpc) is 2.94. The number of carboxylic acid groups (broad SMARTS) is 1. The lowest BCUT2D eigenvalue weighted by molar-refractivity contribution is -0.143. The number of amides is 1. The highest BCUT2D eigenvalue weighted by Gasteiger charge is 2.40. The molecule has 0 radical (unpaired) electrons. The van der Waals surface area contributed by atoms with Gasteiger partial charge >= 0.3 is 5.97 Å². The van der Waals surface area contributed by atoms with Gasteiger partial charge in [-0.15, -0.1) is 0 Å². The quantitative estimate of drug-likeness (QED) is 0.720. The van der Waals surface area contributed by atoms with Gasteiger partial charge in [0.15, 0.2) is 0 Å². The van der Waals surface area contributed by atoms with Crippen molar-refractivity contribution in [2.24, 2.45) is 28.9 Å². The Morgan fingerprint density at radius 2 is 1.90 bits per heavy atom. The van der Waals surface area contributed by atoms with Crippen LogP contribution in [0.25, 0.3) is 0 Å². The van der Waals surface area contributed by atoms with E-state index in [4.69, 9.17) is 5.73 Å². The zero-order valence-electron chi connectivity index (χ0n) is 12.9. The second-order valence-electron chi connectivity index (χ2n) is 7.01. The van der Waals surface area contributed by atoms with Crippen LogP contribution in [0.4, 0.5) is 0 Å². The van der Waals surface area contributed by atoms with E-state index in [0.717, 1.165) is 44.9 Å². The highest BCUT2D eigenvalue weighted by Crippen LogP contribution is 2.38. The maximum absolute atomic E-state index is 12.6. The number of carbonyl (C=O) groups excluding carboxylic acids is 1. The Labute approximate surface area is 126 Å². The topological polar surface area (TPSA) is 92.4 Å². The van der Waals surface area contributed by atoms with Crippen LogP contribution in [0.15, 0.2) is 0 Å². The molecule has 2 rings (SSSR count). The lowest BCUT2D eigenvalue weighted by Gasteiger charge is -2.37. The Hall–Kier alpha value is -1.10. The summed E-state index contributed by atoms with van der Waals surface area (Å²) >= 11 is 0. The Balaban J connectivity index is 1.90. The first-order chi connectivity index (χ1) is 9.98. The third kappa shape index (κ3) is 3.57. The second-order valence-corrected chi connectivity index (χ2v) is 7.01. The van der Waals surface area contributed by atoms with E-state index in [1.54, 1.807) is 0 Å². The zero-order valence-corrected chi connectivity index (χ0v) is 12.9. The van der Waals surface area contributed by atoms with Crippen LogP contribution in [-0.2, 0) is 9.59 Å². The number of nitrogens with one attached hydrogen (secondary N) is 1. The van der Waals surface area contributed by atoms with Crippen LogP contribution in [-0.4, -0.2) is 30.1 Å². The van der Waals surface area contributed by atoms with Gasteiger partial charge in [-0.2, -0.15) is 0 Å². The number of nitrogens with two attached hydrogens (primary N) is 1. The van der Waals surface area contributed by atoms with Gasteiger partial charge in [0.05, 0.1) is 11.3 Å². The van der Waals surface area contributed by atoms with Crippen molar-refractivity contribution in [1.29, 1.82) is 0 Å². The molecule has 2 aliphatic carbocycles. The molecule has 0 saturated heterocycles. The van der Waals surface area contributed by atoms with Crippen LogP contribution in [0.1, 0.15) is 51.9 Å².